The third-order valence-electron chi connectivity index (χ3n) is 3.18. The van der Waals surface area contributed by atoms with Gasteiger partial charge < -0.3 is 4.74 Å². The fourth-order valence-electron chi connectivity index (χ4n) is 2.09. The van der Waals surface area contributed by atoms with Gasteiger partial charge in [0.2, 0.25) is 0 Å². The molecule has 2 aromatic rings. The molecule has 0 fully saturated rings. The van der Waals surface area contributed by atoms with Crippen molar-refractivity contribution < 1.29 is 22.3 Å². The summed E-state index contributed by atoms with van der Waals surface area (Å²) in [6.45, 7) is 4.69. The smallest absolute Gasteiger partial charge is 0.340 e. The van der Waals surface area contributed by atoms with Gasteiger partial charge >= 0.3 is 5.97 Å². The molecule has 25 heavy (non-hydrogen) atoms. The molecule has 0 aliphatic carbocycles. The normalized spacial score (nSPS) is 11.0. The van der Waals surface area contributed by atoms with Gasteiger partial charge in [-0.1, -0.05) is 30.3 Å². The molecule has 2 rings (SSSR count). The second kappa shape index (κ2) is 7.67. The number of carbonyl (C=O) groups excluding carboxylic acids is 1. The van der Waals surface area contributed by atoms with Crippen molar-refractivity contribution >= 4 is 33.3 Å². The maximum Gasteiger partial charge on any atom is 0.340 e. The number of nitrogens with one attached hydrogen (secondary N) is 1. The lowest BCUT2D eigenvalue weighted by Gasteiger charge is -2.13. The fraction of sp³-hybridized carbons (Fsp3) is 0.118. The van der Waals surface area contributed by atoms with E-state index in [-0.39, 0.29) is 33.3 Å². The molecule has 0 atom stereocenters. The fourth-order valence-corrected chi connectivity index (χ4v) is 3.45. The Morgan fingerprint density at radius 2 is 1.96 bits per heavy atom. The van der Waals surface area contributed by atoms with Crippen LogP contribution >= 0.6 is 11.6 Å². The van der Waals surface area contributed by atoms with Gasteiger partial charge in [0.25, 0.3) is 10.0 Å². The van der Waals surface area contributed by atoms with E-state index < -0.39 is 21.8 Å². The van der Waals surface area contributed by atoms with Crippen LogP contribution in [0.15, 0.2) is 59.0 Å². The Labute approximate surface area is 150 Å². The van der Waals surface area contributed by atoms with Gasteiger partial charge in [0.05, 0.1) is 16.1 Å². The van der Waals surface area contributed by atoms with Gasteiger partial charge in [-0.25, -0.2) is 17.6 Å². The second-order valence-electron chi connectivity index (χ2n) is 5.15. The monoisotopic (exact) mass is 383 g/mol. The predicted octanol–water partition coefficient (Wildman–Crippen LogP) is 3.84. The van der Waals surface area contributed by atoms with Crippen molar-refractivity contribution in [1.29, 1.82) is 0 Å². The Kier molecular flexibility index (Phi) is 5.81. The Morgan fingerprint density at radius 1 is 1.28 bits per heavy atom. The maximum absolute atomic E-state index is 13.2. The number of hydrogen-bond donors (Lipinski definition) is 1. The summed E-state index contributed by atoms with van der Waals surface area (Å²) in [7, 11) is -4.02. The number of benzene rings is 2. The lowest BCUT2D eigenvalue weighted by molar-refractivity contribution is 0.0547. The zero-order chi connectivity index (χ0) is 18.6. The summed E-state index contributed by atoms with van der Waals surface area (Å²) in [5.41, 5.74) is 0.297. The third-order valence-corrected chi connectivity index (χ3v) is 4.81. The topological polar surface area (TPSA) is 72.5 Å². The highest BCUT2D eigenvalue weighted by Crippen LogP contribution is 2.23. The molecular weight excluding hydrogens is 369 g/mol. The van der Waals surface area contributed by atoms with Gasteiger partial charge in [-0.2, -0.15) is 0 Å². The van der Waals surface area contributed by atoms with Crippen LogP contribution in [0.1, 0.15) is 15.9 Å². The summed E-state index contributed by atoms with van der Waals surface area (Å²) >= 11 is 5.55. The Morgan fingerprint density at radius 3 is 2.60 bits per heavy atom. The summed E-state index contributed by atoms with van der Waals surface area (Å²) in [5.74, 6) is -1.29. The molecule has 8 heteroatoms. The van der Waals surface area contributed by atoms with Crippen molar-refractivity contribution in [2.45, 2.75) is 11.8 Å². The molecule has 0 radical (unpaired) electrons. The van der Waals surface area contributed by atoms with Crippen molar-refractivity contribution in [2.75, 3.05) is 11.3 Å². The lowest BCUT2D eigenvalue weighted by atomic mass is 10.2. The molecule has 1 N–H and O–H groups in total. The van der Waals surface area contributed by atoms with E-state index in [4.69, 9.17) is 16.3 Å². The largest absolute Gasteiger partial charge is 0.456 e. The molecule has 5 nitrogen and oxygen atoms in total. The van der Waals surface area contributed by atoms with Crippen molar-refractivity contribution in [2.24, 2.45) is 0 Å². The molecule has 0 aliphatic rings. The summed E-state index contributed by atoms with van der Waals surface area (Å²) in [4.78, 5) is 12.0. The van der Waals surface area contributed by atoms with Crippen LogP contribution in [-0.2, 0) is 14.8 Å². The Balaban J connectivity index is 2.33. The number of rotatable bonds is 6. The summed E-state index contributed by atoms with van der Waals surface area (Å²) in [6.07, 6.45) is 0. The van der Waals surface area contributed by atoms with Gasteiger partial charge in [-0.05, 0) is 42.8 Å². The number of esters is 1. The van der Waals surface area contributed by atoms with E-state index in [1.54, 1.807) is 12.1 Å². The van der Waals surface area contributed by atoms with Crippen LogP contribution in [0.5, 0.6) is 0 Å². The molecule has 0 spiro atoms. The first-order chi connectivity index (χ1) is 11.7. The minimum absolute atomic E-state index is 0.0174. The van der Waals surface area contributed by atoms with E-state index in [0.717, 1.165) is 18.2 Å². The van der Waals surface area contributed by atoms with E-state index in [2.05, 4.69) is 11.3 Å². The summed E-state index contributed by atoms with van der Waals surface area (Å²) in [6, 6.07) is 9.27. The van der Waals surface area contributed by atoms with Gasteiger partial charge in [0.1, 0.15) is 12.4 Å². The Bertz CT molecular complexity index is 928. The highest BCUT2D eigenvalue weighted by molar-refractivity contribution is 7.92. The molecule has 0 unspecified atom stereocenters. The number of para-hydroxylation sites is 1. The molecule has 0 bridgehead atoms. The van der Waals surface area contributed by atoms with Crippen LogP contribution in [-0.4, -0.2) is 21.0 Å². The van der Waals surface area contributed by atoms with Crippen LogP contribution in [0.25, 0.3) is 0 Å². The first-order valence-corrected chi connectivity index (χ1v) is 8.95. The van der Waals surface area contributed by atoms with Gasteiger partial charge in [-0.15, -0.1) is 0 Å². The van der Waals surface area contributed by atoms with Crippen molar-refractivity contribution in [3.63, 3.8) is 0 Å². The number of ether oxygens (including phenoxy) is 1. The highest BCUT2D eigenvalue weighted by Gasteiger charge is 2.21. The first-order valence-electron chi connectivity index (χ1n) is 7.09. The molecule has 0 saturated heterocycles. The molecule has 2 aromatic carbocycles. The lowest BCUT2D eigenvalue weighted by Crippen LogP contribution is -2.17. The van der Waals surface area contributed by atoms with Crippen LogP contribution in [0.4, 0.5) is 10.1 Å². The molecule has 0 aliphatic heterocycles. The van der Waals surface area contributed by atoms with Crippen molar-refractivity contribution in [3.05, 3.63) is 71.0 Å². The van der Waals surface area contributed by atoms with E-state index in [1.807, 2.05) is 0 Å². The molecule has 0 aromatic heterocycles. The number of anilines is 1. The molecule has 0 heterocycles. The second-order valence-corrected chi connectivity index (χ2v) is 7.34. The zero-order valence-corrected chi connectivity index (χ0v) is 14.8. The molecular formula is C17H15ClFNO4S. The van der Waals surface area contributed by atoms with E-state index >= 15 is 0 Å². The number of carbonyl (C=O) groups is 1. The highest BCUT2D eigenvalue weighted by atomic mass is 35.5. The van der Waals surface area contributed by atoms with Crippen LogP contribution < -0.4 is 4.72 Å². The number of sulfonamides is 1. The zero-order valence-electron chi connectivity index (χ0n) is 13.3. The number of halogens is 2. The van der Waals surface area contributed by atoms with Crippen molar-refractivity contribution in [1.82, 2.24) is 0 Å². The number of aryl methyl sites for hydroxylation is 1. The van der Waals surface area contributed by atoms with Crippen molar-refractivity contribution in [3.8, 4) is 0 Å². The quantitative estimate of drug-likeness (QED) is 0.769. The van der Waals surface area contributed by atoms with E-state index in [1.165, 1.54) is 19.1 Å². The van der Waals surface area contributed by atoms with Crippen LogP contribution in [0, 0.1) is 12.7 Å². The first kappa shape index (κ1) is 19.0. The molecule has 132 valence electrons. The maximum atomic E-state index is 13.2. The van der Waals surface area contributed by atoms with Gasteiger partial charge in [0, 0.05) is 5.03 Å². The standard InChI is InChI=1S/C17H15ClFNO4S/c1-11-9-13(19)7-8-16(11)25(22,23)20-15-6-4-3-5-14(15)17(21)24-10-12(2)18/h3-9,20H,2,10H2,1H3. The number of hydrogen-bond acceptors (Lipinski definition) is 4. The van der Waals surface area contributed by atoms with Crippen LogP contribution in [0.3, 0.4) is 0 Å². The van der Waals surface area contributed by atoms with Gasteiger partial charge in [-0.3, -0.25) is 4.72 Å². The van der Waals surface area contributed by atoms with E-state index in [9.17, 15) is 17.6 Å². The Hall–Kier alpha value is -2.38. The predicted molar refractivity (Wildman–Crippen MR) is 93.7 cm³/mol. The summed E-state index contributed by atoms with van der Waals surface area (Å²) < 4.78 is 45.6. The molecule has 0 amide bonds. The SMILES string of the molecule is C=C(Cl)COC(=O)c1ccccc1NS(=O)(=O)c1ccc(F)cc1C. The minimum Gasteiger partial charge on any atom is -0.456 e. The average molecular weight is 384 g/mol. The average Bonchev–Trinajstić information content (AvgIpc) is 2.52. The summed E-state index contributed by atoms with van der Waals surface area (Å²) in [5, 5.41) is 0.133. The minimum atomic E-state index is -4.02. The van der Waals surface area contributed by atoms with E-state index in [0.29, 0.717) is 0 Å². The molecule has 0 saturated carbocycles. The van der Waals surface area contributed by atoms with Crippen LogP contribution in [0.2, 0.25) is 0 Å². The third kappa shape index (κ3) is 4.80. The van der Waals surface area contributed by atoms with Gasteiger partial charge in [0.15, 0.2) is 0 Å².